The van der Waals surface area contributed by atoms with Gasteiger partial charge < -0.3 is 14.6 Å². The summed E-state index contributed by atoms with van der Waals surface area (Å²) in [4.78, 5) is 28.8. The predicted molar refractivity (Wildman–Crippen MR) is 117 cm³/mol. The van der Waals surface area contributed by atoms with E-state index in [1.807, 2.05) is 13.0 Å². The summed E-state index contributed by atoms with van der Waals surface area (Å²) in [5, 5.41) is 13.9. The fourth-order valence-electron chi connectivity index (χ4n) is 2.81. The Kier molecular flexibility index (Phi) is 6.51. The van der Waals surface area contributed by atoms with Crippen LogP contribution >= 0.6 is 15.9 Å². The minimum absolute atomic E-state index is 0.223. The molecular weight excluding hydrogens is 454 g/mol. The summed E-state index contributed by atoms with van der Waals surface area (Å²) >= 11 is 3.37. The van der Waals surface area contributed by atoms with Crippen molar-refractivity contribution in [2.75, 3.05) is 7.11 Å². The van der Waals surface area contributed by atoms with Gasteiger partial charge in [-0.1, -0.05) is 28.9 Å². The fourth-order valence-corrected chi connectivity index (χ4v) is 3.17. The van der Waals surface area contributed by atoms with Gasteiger partial charge in [-0.2, -0.15) is 9.78 Å². The number of aliphatic carboxylic acids is 1. The normalized spacial score (nSPS) is 12.3. The molecule has 0 radical (unpaired) electrons. The summed E-state index contributed by atoms with van der Waals surface area (Å²) in [7, 11) is 1.46. The number of halogens is 1. The Bertz CT molecular complexity index is 1190. The molecule has 0 aliphatic heterocycles. The Morgan fingerprint density at radius 1 is 1.37 bits per heavy atom. The van der Waals surface area contributed by atoms with Crippen LogP contribution in [0.5, 0.6) is 11.5 Å². The van der Waals surface area contributed by atoms with E-state index in [-0.39, 0.29) is 11.3 Å². The molecule has 1 N–H and O–H groups in total. The zero-order valence-electron chi connectivity index (χ0n) is 16.6. The third-order valence-corrected chi connectivity index (χ3v) is 4.87. The maximum absolute atomic E-state index is 13.0. The molecule has 0 aliphatic rings. The highest BCUT2D eigenvalue weighted by Crippen LogP contribution is 2.31. The highest BCUT2D eigenvalue weighted by molar-refractivity contribution is 9.10. The van der Waals surface area contributed by atoms with Crippen molar-refractivity contribution in [1.29, 1.82) is 0 Å². The average molecular weight is 474 g/mol. The lowest BCUT2D eigenvalue weighted by atomic mass is 10.2. The third-order valence-electron chi connectivity index (χ3n) is 4.38. The molecule has 1 aromatic heterocycles. The first-order valence-corrected chi connectivity index (χ1v) is 9.97. The number of ether oxygens (including phenoxy) is 2. The number of aryl methyl sites for hydroxylation is 1. The summed E-state index contributed by atoms with van der Waals surface area (Å²) in [6.07, 6.45) is 0.830. The monoisotopic (exact) mass is 473 g/mol. The second-order valence-corrected chi connectivity index (χ2v) is 7.30. The zero-order chi connectivity index (χ0) is 21.8. The summed E-state index contributed by atoms with van der Waals surface area (Å²) in [6.45, 7) is 3.30. The fraction of sp³-hybridized carbons (Fsp3) is 0.238. The molecule has 156 valence electrons. The zero-order valence-corrected chi connectivity index (χ0v) is 18.2. The maximum Gasteiger partial charge on any atom is 0.344 e. The van der Waals surface area contributed by atoms with Gasteiger partial charge in [0.05, 0.1) is 24.2 Å². The molecule has 0 bridgehead atoms. The molecule has 0 aliphatic carbocycles. The number of fused-ring (bicyclic) bond motifs is 1. The van der Waals surface area contributed by atoms with Crippen LogP contribution in [0.3, 0.4) is 0 Å². The van der Waals surface area contributed by atoms with Crippen molar-refractivity contribution in [2.24, 2.45) is 5.10 Å². The first kappa shape index (κ1) is 21.5. The number of aromatic nitrogens is 2. The van der Waals surface area contributed by atoms with E-state index in [4.69, 9.17) is 9.47 Å². The molecule has 0 unspecified atom stereocenters. The van der Waals surface area contributed by atoms with Crippen molar-refractivity contribution in [3.63, 3.8) is 0 Å². The largest absolute Gasteiger partial charge is 0.493 e. The molecule has 0 saturated carbocycles. The highest BCUT2D eigenvalue weighted by Gasteiger charge is 2.18. The molecule has 0 saturated heterocycles. The number of benzene rings is 2. The van der Waals surface area contributed by atoms with E-state index < -0.39 is 12.1 Å². The van der Waals surface area contributed by atoms with Gasteiger partial charge >= 0.3 is 5.97 Å². The van der Waals surface area contributed by atoms with Crippen LogP contribution in [0, 0.1) is 0 Å². The van der Waals surface area contributed by atoms with Gasteiger partial charge in [0, 0.05) is 16.5 Å². The molecule has 0 spiro atoms. The molecule has 8 nitrogen and oxygen atoms in total. The number of carbonyl (C=O) groups is 1. The van der Waals surface area contributed by atoms with Gasteiger partial charge in [-0.15, -0.1) is 0 Å². The first-order valence-electron chi connectivity index (χ1n) is 9.17. The van der Waals surface area contributed by atoms with E-state index in [0.717, 1.165) is 4.47 Å². The van der Waals surface area contributed by atoms with Crippen LogP contribution in [0.2, 0.25) is 0 Å². The lowest BCUT2D eigenvalue weighted by molar-refractivity contribution is -0.144. The minimum atomic E-state index is -1.11. The molecule has 3 aromatic rings. The Labute approximate surface area is 180 Å². The molecule has 9 heteroatoms. The van der Waals surface area contributed by atoms with Crippen LogP contribution in [0.1, 0.15) is 25.2 Å². The Morgan fingerprint density at radius 3 is 2.80 bits per heavy atom. The van der Waals surface area contributed by atoms with E-state index in [1.54, 1.807) is 30.3 Å². The van der Waals surface area contributed by atoms with Gasteiger partial charge in [0.1, 0.15) is 5.82 Å². The van der Waals surface area contributed by atoms with Crippen LogP contribution in [0.25, 0.3) is 10.9 Å². The van der Waals surface area contributed by atoms with E-state index in [2.05, 4.69) is 26.0 Å². The van der Waals surface area contributed by atoms with Crippen molar-refractivity contribution in [2.45, 2.75) is 26.4 Å². The second kappa shape index (κ2) is 9.08. The van der Waals surface area contributed by atoms with Gasteiger partial charge in [0.25, 0.3) is 5.56 Å². The van der Waals surface area contributed by atoms with Gasteiger partial charge in [0.2, 0.25) is 0 Å². The SMILES string of the molecule is CCc1nc2ccc(Br)cc2c(=O)n1N=Cc1cccc(OC)c1O[C@@H](C)C(=O)O. The van der Waals surface area contributed by atoms with Gasteiger partial charge in [0.15, 0.2) is 17.6 Å². The van der Waals surface area contributed by atoms with Crippen LogP contribution in [0.4, 0.5) is 0 Å². The average Bonchev–Trinajstić information content (AvgIpc) is 2.73. The number of carboxylic acids is 1. The Balaban J connectivity index is 2.12. The summed E-state index contributed by atoms with van der Waals surface area (Å²) in [5.74, 6) is -0.0372. The topological polar surface area (TPSA) is 103 Å². The van der Waals surface area contributed by atoms with Crippen LogP contribution in [-0.4, -0.2) is 40.2 Å². The number of rotatable bonds is 7. The molecule has 2 aromatic carbocycles. The first-order chi connectivity index (χ1) is 14.3. The van der Waals surface area contributed by atoms with E-state index in [0.29, 0.717) is 34.5 Å². The predicted octanol–water partition coefficient (Wildman–Crippen LogP) is 3.46. The maximum atomic E-state index is 13.0. The minimum Gasteiger partial charge on any atom is -0.493 e. The Hall–Kier alpha value is -3.20. The Morgan fingerprint density at radius 2 is 2.13 bits per heavy atom. The van der Waals surface area contributed by atoms with Crippen molar-refractivity contribution >= 4 is 39.0 Å². The summed E-state index contributed by atoms with van der Waals surface area (Å²) in [6, 6.07) is 10.4. The van der Waals surface area contributed by atoms with Crippen LogP contribution in [-0.2, 0) is 11.2 Å². The lowest BCUT2D eigenvalue weighted by Crippen LogP contribution is -2.24. The summed E-state index contributed by atoms with van der Waals surface area (Å²) in [5.41, 5.74) is 0.747. The van der Waals surface area contributed by atoms with Crippen molar-refractivity contribution in [3.05, 3.63) is 62.6 Å². The van der Waals surface area contributed by atoms with E-state index in [9.17, 15) is 14.7 Å². The number of carboxylic acid groups (broad SMARTS) is 1. The van der Waals surface area contributed by atoms with Gasteiger partial charge in [-0.25, -0.2) is 9.78 Å². The highest BCUT2D eigenvalue weighted by atomic mass is 79.9. The number of methoxy groups -OCH3 is 1. The van der Waals surface area contributed by atoms with E-state index >= 15 is 0 Å². The second-order valence-electron chi connectivity index (χ2n) is 6.38. The number of nitrogens with zero attached hydrogens (tertiary/aromatic N) is 3. The van der Waals surface area contributed by atoms with Gasteiger partial charge in [-0.05, 0) is 37.3 Å². The van der Waals surface area contributed by atoms with E-state index in [1.165, 1.54) is 24.9 Å². The van der Waals surface area contributed by atoms with Crippen molar-refractivity contribution < 1.29 is 19.4 Å². The van der Waals surface area contributed by atoms with Crippen LogP contribution < -0.4 is 15.0 Å². The molecule has 1 heterocycles. The standard InChI is InChI=1S/C21H20BrN3O5/c1-4-18-24-16-9-8-14(22)10-15(16)20(26)25(18)23-11-13-6-5-7-17(29-3)19(13)30-12(2)21(27)28/h5-12H,4H2,1-3H3,(H,27,28)/t12-/m0/s1. The molecule has 30 heavy (non-hydrogen) atoms. The molecule has 1 atom stereocenters. The number of hydrogen-bond acceptors (Lipinski definition) is 6. The van der Waals surface area contributed by atoms with Crippen LogP contribution in [0.15, 0.2) is 50.8 Å². The quantitative estimate of drug-likeness (QED) is 0.527. The van der Waals surface area contributed by atoms with Crippen molar-refractivity contribution in [1.82, 2.24) is 9.66 Å². The van der Waals surface area contributed by atoms with Gasteiger partial charge in [-0.3, -0.25) is 4.79 Å². The molecule has 3 rings (SSSR count). The third kappa shape index (κ3) is 4.35. The lowest BCUT2D eigenvalue weighted by Gasteiger charge is -2.16. The summed E-state index contributed by atoms with van der Waals surface area (Å²) < 4.78 is 12.9. The molecule has 0 amide bonds. The number of hydrogen-bond donors (Lipinski definition) is 1. The molecule has 0 fully saturated rings. The molecular formula is C21H20BrN3O5. The number of para-hydroxylation sites is 1. The smallest absolute Gasteiger partial charge is 0.344 e. The van der Waals surface area contributed by atoms with Crippen molar-refractivity contribution in [3.8, 4) is 11.5 Å².